The number of hydrogen-bond donors (Lipinski definition) is 2. The van der Waals surface area contributed by atoms with E-state index in [4.69, 9.17) is 19.4 Å². The second-order valence-electron chi connectivity index (χ2n) is 12.8. The van der Waals surface area contributed by atoms with Crippen LogP contribution < -0.4 is 10.5 Å². The largest absolute Gasteiger partial charge is 0.507 e. The average Bonchev–Trinajstić information content (AvgIpc) is 3.36. The van der Waals surface area contributed by atoms with Gasteiger partial charge < -0.3 is 24.5 Å². The molecule has 0 amide bonds. The lowest BCUT2D eigenvalue weighted by Gasteiger charge is -2.53. The Morgan fingerprint density at radius 3 is 2.56 bits per heavy atom. The van der Waals surface area contributed by atoms with Crippen LogP contribution in [0.4, 0.5) is 0 Å². The van der Waals surface area contributed by atoms with Crippen molar-refractivity contribution in [2.45, 2.75) is 70.0 Å². The number of ether oxygens (including phenoxy) is 1. The maximum Gasteiger partial charge on any atom is 0.265 e. The van der Waals surface area contributed by atoms with E-state index in [1.165, 1.54) is 0 Å². The molecule has 6 rings (SSSR count). The van der Waals surface area contributed by atoms with Crippen LogP contribution in [0.15, 0.2) is 58.8 Å². The van der Waals surface area contributed by atoms with Gasteiger partial charge in [0.1, 0.15) is 17.9 Å². The molecule has 0 spiro atoms. The Balaban J connectivity index is 1.51. The third-order valence-electron chi connectivity index (χ3n) is 9.32. The summed E-state index contributed by atoms with van der Waals surface area (Å²) < 4.78 is 18.6. The molecule has 1 saturated carbocycles. The van der Waals surface area contributed by atoms with Gasteiger partial charge in [0.05, 0.1) is 11.7 Å². The minimum Gasteiger partial charge on any atom is -0.507 e. The van der Waals surface area contributed by atoms with E-state index in [-0.39, 0.29) is 46.1 Å². The van der Waals surface area contributed by atoms with Gasteiger partial charge in [0.15, 0.2) is 19.7 Å². The molecule has 3 N–H and O–H groups in total. The molecular formula is C31H35N3O6Si. The lowest BCUT2D eigenvalue weighted by molar-refractivity contribution is -0.138. The van der Waals surface area contributed by atoms with Gasteiger partial charge in [-0.25, -0.2) is 0 Å². The second-order valence-corrected chi connectivity index (χ2v) is 17.5. The molecule has 9 nitrogen and oxygen atoms in total. The topological polar surface area (TPSA) is 138 Å². The summed E-state index contributed by atoms with van der Waals surface area (Å²) in [6.45, 7) is 10.3. The molecule has 0 radical (unpaired) electrons. The van der Waals surface area contributed by atoms with Gasteiger partial charge in [-0.05, 0) is 59.7 Å². The van der Waals surface area contributed by atoms with Crippen LogP contribution in [0.25, 0.3) is 5.76 Å². The predicted molar refractivity (Wildman–Crippen MR) is 154 cm³/mol. The van der Waals surface area contributed by atoms with Crippen LogP contribution in [0.2, 0.25) is 18.1 Å². The van der Waals surface area contributed by atoms with Gasteiger partial charge in [-0.3, -0.25) is 14.6 Å². The first-order chi connectivity index (χ1) is 19.4. The number of nitrogens with two attached hydrogens (primary N) is 1. The molecule has 0 saturated heterocycles. The highest BCUT2D eigenvalue weighted by atomic mass is 28.4. The fourth-order valence-corrected chi connectivity index (χ4v) is 7.58. The zero-order chi connectivity index (χ0) is 29.3. The fraction of sp³-hybridized carbons (Fsp3) is 0.419. The molecular weight excluding hydrogens is 538 g/mol. The molecule has 214 valence electrons. The molecule has 2 heterocycles. The fourth-order valence-electron chi connectivity index (χ4n) is 6.14. The van der Waals surface area contributed by atoms with Gasteiger partial charge in [0, 0.05) is 23.3 Å². The molecule has 3 aliphatic rings. The number of fused-ring (bicyclic) bond motifs is 4. The first-order valence-corrected chi connectivity index (χ1v) is 16.9. The Kier molecular flexibility index (Phi) is 6.37. The van der Waals surface area contributed by atoms with Crippen LogP contribution >= 0.6 is 0 Å². The van der Waals surface area contributed by atoms with Crippen molar-refractivity contribution in [3.63, 3.8) is 0 Å². The monoisotopic (exact) mass is 573 g/mol. The number of ketones is 2. The van der Waals surface area contributed by atoms with E-state index in [1.807, 2.05) is 64.2 Å². The zero-order valence-electron chi connectivity index (χ0n) is 23.9. The van der Waals surface area contributed by atoms with Crippen molar-refractivity contribution < 1.29 is 28.4 Å². The molecule has 1 aromatic carbocycles. The Morgan fingerprint density at radius 1 is 1.12 bits per heavy atom. The normalized spacial score (nSPS) is 25.8. The molecule has 41 heavy (non-hydrogen) atoms. The maximum atomic E-state index is 14.8. The Bertz CT molecular complexity index is 1570. The first kappa shape index (κ1) is 27.6. The summed E-state index contributed by atoms with van der Waals surface area (Å²) >= 11 is 0. The summed E-state index contributed by atoms with van der Waals surface area (Å²) in [5.41, 5.74) is 7.22. The van der Waals surface area contributed by atoms with Crippen LogP contribution in [0, 0.1) is 11.8 Å². The molecule has 1 fully saturated rings. The molecule has 2 aromatic heterocycles. The van der Waals surface area contributed by atoms with Gasteiger partial charge in [0.25, 0.3) is 5.88 Å². The van der Waals surface area contributed by atoms with Gasteiger partial charge >= 0.3 is 0 Å². The van der Waals surface area contributed by atoms with Gasteiger partial charge in [-0.2, -0.15) is 0 Å². The molecule has 4 atom stereocenters. The van der Waals surface area contributed by atoms with Crippen molar-refractivity contribution in [3.05, 3.63) is 82.4 Å². The third-order valence-corrected chi connectivity index (χ3v) is 13.8. The number of benzene rings is 1. The number of pyridine rings is 1. The number of carbonyl (C=O) groups excluding carboxylic acids is 2. The van der Waals surface area contributed by atoms with Crippen molar-refractivity contribution in [1.29, 1.82) is 0 Å². The van der Waals surface area contributed by atoms with E-state index in [9.17, 15) is 14.7 Å². The van der Waals surface area contributed by atoms with Gasteiger partial charge in [-0.15, -0.1) is 0 Å². The number of carbonyl (C=O) groups is 2. The second kappa shape index (κ2) is 9.47. The van der Waals surface area contributed by atoms with Gasteiger partial charge in [-0.1, -0.05) is 51.1 Å². The van der Waals surface area contributed by atoms with E-state index in [2.05, 4.69) is 10.1 Å². The van der Waals surface area contributed by atoms with Crippen molar-refractivity contribution in [2.24, 2.45) is 17.6 Å². The number of aromatic nitrogens is 2. The van der Waals surface area contributed by atoms with Crippen molar-refractivity contribution in [1.82, 2.24) is 10.1 Å². The molecule has 0 aliphatic heterocycles. The molecule has 10 heteroatoms. The van der Waals surface area contributed by atoms with Crippen LogP contribution in [0.1, 0.15) is 66.2 Å². The van der Waals surface area contributed by atoms with E-state index < -0.39 is 37.4 Å². The summed E-state index contributed by atoms with van der Waals surface area (Å²) in [7, 11) is -2.77. The minimum atomic E-state index is -2.77. The number of rotatable bonds is 5. The average molecular weight is 574 g/mol. The summed E-state index contributed by atoms with van der Waals surface area (Å²) in [6.07, 6.45) is 2.45. The Morgan fingerprint density at radius 2 is 1.85 bits per heavy atom. The van der Waals surface area contributed by atoms with E-state index >= 15 is 0 Å². The van der Waals surface area contributed by atoms with E-state index in [1.54, 1.807) is 18.3 Å². The van der Waals surface area contributed by atoms with Crippen molar-refractivity contribution in [2.75, 3.05) is 0 Å². The smallest absolute Gasteiger partial charge is 0.265 e. The van der Waals surface area contributed by atoms with Crippen molar-refractivity contribution in [3.8, 4) is 5.88 Å². The maximum absolute atomic E-state index is 14.8. The summed E-state index contributed by atoms with van der Waals surface area (Å²) in [4.78, 5) is 34.0. The number of nitrogens with zero attached hydrogens (tertiary/aromatic N) is 2. The number of aliphatic hydroxyl groups is 1. The number of aliphatic hydroxyl groups excluding tert-OH is 1. The SMILES string of the molecule is CC(C)(C)[Si](C)(C)OC12C(=O)C3=C(O)c4cccnc4C[C@H]3C[C@H]1[C@H](N)c1onc(OCc3ccccc3)c1C2=O. The molecule has 1 unspecified atom stereocenters. The molecule has 3 aliphatic carbocycles. The van der Waals surface area contributed by atoms with E-state index in [0.29, 0.717) is 24.1 Å². The molecule has 3 aromatic rings. The van der Waals surface area contributed by atoms with Crippen LogP contribution in [-0.4, -0.2) is 40.7 Å². The predicted octanol–water partition coefficient (Wildman–Crippen LogP) is 5.34. The summed E-state index contributed by atoms with van der Waals surface area (Å²) in [6, 6.07) is 12.1. The minimum absolute atomic E-state index is 0.0210. The number of Topliss-reactive ketones (excluding diaryl/α,β-unsaturated/α-hetero) is 2. The summed E-state index contributed by atoms with van der Waals surface area (Å²) in [5, 5.41) is 15.2. The van der Waals surface area contributed by atoms with Crippen LogP contribution in [0.3, 0.4) is 0 Å². The Labute approximate surface area is 239 Å². The highest BCUT2D eigenvalue weighted by Gasteiger charge is 2.68. The highest BCUT2D eigenvalue weighted by molar-refractivity contribution is 6.74. The lowest BCUT2D eigenvalue weighted by atomic mass is 9.57. The third kappa shape index (κ3) is 4.11. The highest BCUT2D eigenvalue weighted by Crippen LogP contribution is 2.56. The number of hydrogen-bond acceptors (Lipinski definition) is 9. The van der Waals surface area contributed by atoms with Gasteiger partial charge in [0.2, 0.25) is 11.6 Å². The summed E-state index contributed by atoms with van der Waals surface area (Å²) in [5.74, 6) is -2.20. The van der Waals surface area contributed by atoms with Crippen LogP contribution in [0.5, 0.6) is 5.88 Å². The zero-order valence-corrected chi connectivity index (χ0v) is 24.9. The van der Waals surface area contributed by atoms with E-state index in [0.717, 1.165) is 5.56 Å². The lowest BCUT2D eigenvalue weighted by Crippen LogP contribution is -2.68. The Hall–Kier alpha value is -3.60. The standard InChI is InChI=1S/C31H35N3O6Si/c1-30(2,3)41(4,5)40-31-20(14-18-15-21-19(12-9-13-33-21)25(35)22(18)27(31)36)24(32)26-23(28(31)37)29(34-39-26)38-16-17-10-7-6-8-11-17/h6-13,18,20,24,35H,14-16,32H2,1-5H3/t18-,20+,24+,31?/m1/s1. The van der Waals surface area contributed by atoms with Crippen molar-refractivity contribution >= 4 is 25.6 Å². The first-order valence-electron chi connectivity index (χ1n) is 14.0. The molecule has 0 bridgehead atoms. The quantitative estimate of drug-likeness (QED) is 0.306. The van der Waals surface area contributed by atoms with Crippen LogP contribution in [-0.2, 0) is 22.2 Å².